The van der Waals surface area contributed by atoms with E-state index in [1.165, 1.54) is 0 Å². The molecule has 0 aliphatic carbocycles. The lowest BCUT2D eigenvalue weighted by Gasteiger charge is -2.14. The zero-order chi connectivity index (χ0) is 14.7. The van der Waals surface area contributed by atoms with Crippen molar-refractivity contribution in [1.29, 1.82) is 0 Å². The molecule has 0 aliphatic heterocycles. The van der Waals surface area contributed by atoms with Crippen molar-refractivity contribution in [3.05, 3.63) is 57.1 Å². The number of para-hydroxylation sites is 1. The van der Waals surface area contributed by atoms with Crippen LogP contribution in [0, 0.1) is 13.8 Å². The summed E-state index contributed by atoms with van der Waals surface area (Å²) in [6, 6.07) is 9.57. The van der Waals surface area contributed by atoms with Gasteiger partial charge >= 0.3 is 0 Å². The quantitative estimate of drug-likeness (QED) is 0.846. The SMILES string of the molecule is CNCc1cccc(Cl)c1Oc1cc(C)c(Cl)c(C)c1. The number of benzene rings is 2. The van der Waals surface area contributed by atoms with Gasteiger partial charge in [-0.15, -0.1) is 0 Å². The molecule has 2 nitrogen and oxygen atoms in total. The molecule has 4 heteroatoms. The average Bonchev–Trinajstić information content (AvgIpc) is 2.40. The molecule has 106 valence electrons. The fourth-order valence-electron chi connectivity index (χ4n) is 2.08. The highest BCUT2D eigenvalue weighted by atomic mass is 35.5. The van der Waals surface area contributed by atoms with Gasteiger partial charge in [0, 0.05) is 17.1 Å². The molecule has 0 fully saturated rings. The van der Waals surface area contributed by atoms with Crippen molar-refractivity contribution >= 4 is 23.2 Å². The maximum Gasteiger partial charge on any atom is 0.150 e. The highest BCUT2D eigenvalue weighted by molar-refractivity contribution is 6.32. The summed E-state index contributed by atoms with van der Waals surface area (Å²) in [5.41, 5.74) is 3.00. The van der Waals surface area contributed by atoms with Crippen LogP contribution in [0.3, 0.4) is 0 Å². The van der Waals surface area contributed by atoms with Crippen molar-refractivity contribution in [2.75, 3.05) is 7.05 Å². The lowest BCUT2D eigenvalue weighted by atomic mass is 10.1. The zero-order valence-electron chi connectivity index (χ0n) is 11.8. The van der Waals surface area contributed by atoms with Gasteiger partial charge < -0.3 is 10.1 Å². The minimum atomic E-state index is 0.600. The molecule has 2 aromatic carbocycles. The Bertz CT molecular complexity index is 603. The Hall–Kier alpha value is -1.22. The van der Waals surface area contributed by atoms with Crippen molar-refractivity contribution in [2.24, 2.45) is 0 Å². The number of ether oxygens (including phenoxy) is 1. The highest BCUT2D eigenvalue weighted by Crippen LogP contribution is 2.35. The van der Waals surface area contributed by atoms with Crippen LogP contribution < -0.4 is 10.1 Å². The second kappa shape index (κ2) is 6.49. The normalized spacial score (nSPS) is 10.7. The number of halogens is 2. The van der Waals surface area contributed by atoms with Crippen LogP contribution in [-0.4, -0.2) is 7.05 Å². The molecular weight excluding hydrogens is 293 g/mol. The van der Waals surface area contributed by atoms with Gasteiger partial charge in [0.25, 0.3) is 0 Å². The van der Waals surface area contributed by atoms with E-state index in [-0.39, 0.29) is 0 Å². The van der Waals surface area contributed by atoms with Crippen molar-refractivity contribution in [3.8, 4) is 11.5 Å². The molecule has 20 heavy (non-hydrogen) atoms. The van der Waals surface area contributed by atoms with E-state index in [1.807, 2.05) is 51.2 Å². The van der Waals surface area contributed by atoms with Crippen molar-refractivity contribution in [3.63, 3.8) is 0 Å². The van der Waals surface area contributed by atoms with Crippen LogP contribution in [-0.2, 0) is 6.54 Å². The maximum absolute atomic E-state index is 6.25. The summed E-state index contributed by atoms with van der Waals surface area (Å²) in [7, 11) is 1.89. The van der Waals surface area contributed by atoms with Gasteiger partial charge in [0.05, 0.1) is 5.02 Å². The molecule has 0 saturated carbocycles. The summed E-state index contributed by atoms with van der Waals surface area (Å²) in [5.74, 6) is 1.43. The molecule has 0 amide bonds. The number of nitrogens with one attached hydrogen (secondary N) is 1. The first kappa shape index (κ1) is 15.2. The van der Waals surface area contributed by atoms with Gasteiger partial charge in [-0.05, 0) is 50.2 Å². The first-order valence-corrected chi connectivity index (χ1v) is 7.15. The average molecular weight is 310 g/mol. The summed E-state index contributed by atoms with van der Waals surface area (Å²) >= 11 is 12.4. The lowest BCUT2D eigenvalue weighted by Crippen LogP contribution is -2.06. The Morgan fingerprint density at radius 3 is 2.35 bits per heavy atom. The third-order valence-electron chi connectivity index (χ3n) is 3.05. The molecule has 1 N–H and O–H groups in total. The Kier molecular flexibility index (Phi) is 4.92. The van der Waals surface area contributed by atoms with Crippen molar-refractivity contribution in [1.82, 2.24) is 5.32 Å². The van der Waals surface area contributed by atoms with Crippen LogP contribution in [0.25, 0.3) is 0 Å². The molecule has 0 saturated heterocycles. The van der Waals surface area contributed by atoms with E-state index in [9.17, 15) is 0 Å². The van der Waals surface area contributed by atoms with Crippen LogP contribution in [0.4, 0.5) is 0 Å². The summed E-state index contributed by atoms with van der Waals surface area (Å²) in [4.78, 5) is 0. The minimum absolute atomic E-state index is 0.600. The van der Waals surface area contributed by atoms with Gasteiger partial charge in [0.2, 0.25) is 0 Å². The molecular formula is C16H17Cl2NO. The molecule has 0 spiro atoms. The second-order valence-electron chi connectivity index (χ2n) is 4.73. The molecule has 2 rings (SSSR count). The molecule has 0 unspecified atom stereocenters. The number of hydrogen-bond acceptors (Lipinski definition) is 2. The van der Waals surface area contributed by atoms with Crippen LogP contribution in [0.2, 0.25) is 10.0 Å². The standard InChI is InChI=1S/C16H17Cl2NO/c1-10-7-13(8-11(2)15(10)18)20-16-12(9-19-3)5-4-6-14(16)17/h4-8,19H,9H2,1-3H3. The summed E-state index contributed by atoms with van der Waals surface area (Å²) < 4.78 is 5.98. The van der Waals surface area contributed by atoms with Gasteiger partial charge in [-0.25, -0.2) is 0 Å². The molecule has 0 radical (unpaired) electrons. The Labute approximate surface area is 129 Å². The third kappa shape index (κ3) is 3.26. The smallest absolute Gasteiger partial charge is 0.150 e. The van der Waals surface area contributed by atoms with Crippen LogP contribution in [0.5, 0.6) is 11.5 Å². The molecule has 0 aromatic heterocycles. The molecule has 0 bridgehead atoms. The first-order chi connectivity index (χ1) is 9.52. The maximum atomic E-state index is 6.25. The van der Waals surface area contributed by atoms with Gasteiger partial charge in [0.15, 0.2) is 0 Å². The van der Waals surface area contributed by atoms with E-state index < -0.39 is 0 Å². The van der Waals surface area contributed by atoms with Crippen LogP contribution in [0.1, 0.15) is 16.7 Å². The summed E-state index contributed by atoms with van der Waals surface area (Å²) in [5, 5.41) is 4.48. The van der Waals surface area contributed by atoms with E-state index in [0.29, 0.717) is 17.3 Å². The Morgan fingerprint density at radius 1 is 1.10 bits per heavy atom. The fourth-order valence-corrected chi connectivity index (χ4v) is 2.42. The lowest BCUT2D eigenvalue weighted by molar-refractivity contribution is 0.474. The van der Waals surface area contributed by atoms with Crippen LogP contribution >= 0.6 is 23.2 Å². The van der Waals surface area contributed by atoms with Crippen LogP contribution in [0.15, 0.2) is 30.3 Å². The van der Waals surface area contributed by atoms with Crippen molar-refractivity contribution in [2.45, 2.75) is 20.4 Å². The Morgan fingerprint density at radius 2 is 1.75 bits per heavy atom. The zero-order valence-corrected chi connectivity index (χ0v) is 13.3. The number of aryl methyl sites for hydroxylation is 2. The second-order valence-corrected chi connectivity index (χ2v) is 5.52. The summed E-state index contributed by atoms with van der Waals surface area (Å²) in [6.07, 6.45) is 0. The fraction of sp³-hybridized carbons (Fsp3) is 0.250. The third-order valence-corrected chi connectivity index (χ3v) is 3.94. The van der Waals surface area contributed by atoms with Gasteiger partial charge in [-0.3, -0.25) is 0 Å². The molecule has 0 atom stereocenters. The molecule has 2 aromatic rings. The highest BCUT2D eigenvalue weighted by Gasteiger charge is 2.11. The number of hydrogen-bond donors (Lipinski definition) is 1. The Balaban J connectivity index is 2.39. The van der Waals surface area contributed by atoms with E-state index >= 15 is 0 Å². The monoisotopic (exact) mass is 309 g/mol. The molecule has 0 heterocycles. The largest absolute Gasteiger partial charge is 0.455 e. The van der Waals surface area contributed by atoms with E-state index in [4.69, 9.17) is 27.9 Å². The molecule has 0 aliphatic rings. The van der Waals surface area contributed by atoms with E-state index in [2.05, 4.69) is 5.32 Å². The van der Waals surface area contributed by atoms with E-state index in [0.717, 1.165) is 27.5 Å². The van der Waals surface area contributed by atoms with Gasteiger partial charge in [-0.2, -0.15) is 0 Å². The first-order valence-electron chi connectivity index (χ1n) is 6.39. The van der Waals surface area contributed by atoms with Gasteiger partial charge in [-0.1, -0.05) is 35.3 Å². The summed E-state index contributed by atoms with van der Waals surface area (Å²) in [6.45, 7) is 4.62. The van der Waals surface area contributed by atoms with Gasteiger partial charge in [0.1, 0.15) is 11.5 Å². The predicted molar refractivity (Wildman–Crippen MR) is 85.2 cm³/mol. The topological polar surface area (TPSA) is 21.3 Å². The van der Waals surface area contributed by atoms with E-state index in [1.54, 1.807) is 0 Å². The predicted octanol–water partition coefficient (Wildman–Crippen LogP) is 5.12. The minimum Gasteiger partial charge on any atom is -0.455 e. The van der Waals surface area contributed by atoms with Crippen molar-refractivity contribution < 1.29 is 4.74 Å². The number of rotatable bonds is 4.